The van der Waals surface area contributed by atoms with E-state index < -0.39 is 0 Å². The van der Waals surface area contributed by atoms with Crippen LogP contribution in [0.25, 0.3) is 0 Å². The first-order valence-electron chi connectivity index (χ1n) is 5.24. The monoisotopic (exact) mass is 253 g/mol. The molecule has 2 aromatic rings. The summed E-state index contributed by atoms with van der Waals surface area (Å²) in [6.07, 6.45) is 4.14. The van der Waals surface area contributed by atoms with Crippen molar-refractivity contribution in [3.8, 4) is 0 Å². The zero-order valence-corrected chi connectivity index (χ0v) is 10.2. The molecular weight excluding hydrogens is 241 g/mol. The average molecular weight is 254 g/mol. The third kappa shape index (κ3) is 2.65. The van der Waals surface area contributed by atoms with E-state index in [2.05, 4.69) is 4.98 Å². The van der Waals surface area contributed by atoms with Gasteiger partial charge in [0.05, 0.1) is 0 Å². The third-order valence-electron chi connectivity index (χ3n) is 2.69. The number of nitrogens with zero attached hydrogens (tertiary/aromatic N) is 2. The van der Waals surface area contributed by atoms with E-state index in [-0.39, 0.29) is 11.9 Å². The topological polar surface area (TPSA) is 43.8 Å². The highest BCUT2D eigenvalue weighted by molar-refractivity contribution is 6.31. The van der Waals surface area contributed by atoms with Gasteiger partial charge in [-0.3, -0.25) is 0 Å². The van der Waals surface area contributed by atoms with Crippen LogP contribution in [-0.2, 0) is 13.5 Å². The summed E-state index contributed by atoms with van der Waals surface area (Å²) in [5.74, 6) is 0.515. The van der Waals surface area contributed by atoms with Crippen molar-refractivity contribution in [2.75, 3.05) is 0 Å². The number of imidazole rings is 1. The van der Waals surface area contributed by atoms with Gasteiger partial charge in [-0.25, -0.2) is 9.37 Å². The molecule has 1 unspecified atom stereocenters. The molecule has 2 rings (SSSR count). The van der Waals surface area contributed by atoms with Crippen LogP contribution >= 0.6 is 11.6 Å². The molecule has 1 heterocycles. The Morgan fingerprint density at radius 3 is 2.88 bits per heavy atom. The van der Waals surface area contributed by atoms with Crippen molar-refractivity contribution in [1.82, 2.24) is 9.55 Å². The number of hydrogen-bond acceptors (Lipinski definition) is 2. The molecule has 0 radical (unpaired) electrons. The summed E-state index contributed by atoms with van der Waals surface area (Å²) >= 11 is 5.96. The van der Waals surface area contributed by atoms with Crippen LogP contribution in [0.15, 0.2) is 30.6 Å². The lowest BCUT2D eigenvalue weighted by Gasteiger charge is -2.13. The van der Waals surface area contributed by atoms with Crippen LogP contribution in [0.2, 0.25) is 5.02 Å². The maximum Gasteiger partial charge on any atom is 0.124 e. The van der Waals surface area contributed by atoms with Gasteiger partial charge in [-0.2, -0.15) is 0 Å². The molecule has 90 valence electrons. The predicted octanol–water partition coefficient (Wildman–Crippen LogP) is 2.46. The second-order valence-corrected chi connectivity index (χ2v) is 4.34. The maximum atomic E-state index is 12.9. The van der Waals surface area contributed by atoms with Crippen molar-refractivity contribution in [3.63, 3.8) is 0 Å². The van der Waals surface area contributed by atoms with Crippen LogP contribution < -0.4 is 5.73 Å². The van der Waals surface area contributed by atoms with Crippen molar-refractivity contribution in [1.29, 1.82) is 0 Å². The number of hydrogen-bond donors (Lipinski definition) is 1. The Bertz CT molecular complexity index is 524. The summed E-state index contributed by atoms with van der Waals surface area (Å²) in [7, 11) is 1.90. The number of rotatable bonds is 3. The quantitative estimate of drug-likeness (QED) is 0.913. The van der Waals surface area contributed by atoms with Gasteiger partial charge in [-0.05, 0) is 17.7 Å². The lowest BCUT2D eigenvalue weighted by molar-refractivity contribution is 0.621. The van der Waals surface area contributed by atoms with Crippen molar-refractivity contribution in [2.24, 2.45) is 12.8 Å². The fourth-order valence-electron chi connectivity index (χ4n) is 1.70. The van der Waals surface area contributed by atoms with E-state index in [1.54, 1.807) is 12.3 Å². The highest BCUT2D eigenvalue weighted by atomic mass is 35.5. The second-order valence-electron chi connectivity index (χ2n) is 3.93. The van der Waals surface area contributed by atoms with E-state index in [4.69, 9.17) is 17.3 Å². The summed E-state index contributed by atoms with van der Waals surface area (Å²) < 4.78 is 14.8. The van der Waals surface area contributed by atoms with Gasteiger partial charge in [0.1, 0.15) is 11.6 Å². The molecular formula is C12H13ClFN3. The van der Waals surface area contributed by atoms with Crippen molar-refractivity contribution in [3.05, 3.63) is 52.8 Å². The molecule has 2 N–H and O–H groups in total. The Labute approximate surface area is 104 Å². The highest BCUT2D eigenvalue weighted by Crippen LogP contribution is 2.24. The van der Waals surface area contributed by atoms with Crippen LogP contribution in [0.1, 0.15) is 17.4 Å². The lowest BCUT2D eigenvalue weighted by atomic mass is 10.0. The van der Waals surface area contributed by atoms with E-state index in [1.165, 1.54) is 12.1 Å². The minimum absolute atomic E-state index is 0.288. The molecule has 3 nitrogen and oxygen atoms in total. The van der Waals surface area contributed by atoms with Gasteiger partial charge in [0, 0.05) is 36.9 Å². The minimum Gasteiger partial charge on any atom is -0.338 e. The minimum atomic E-state index is -0.358. The van der Waals surface area contributed by atoms with Gasteiger partial charge in [-0.1, -0.05) is 17.7 Å². The van der Waals surface area contributed by atoms with E-state index >= 15 is 0 Å². The summed E-state index contributed by atoms with van der Waals surface area (Å²) in [6, 6.07) is 3.96. The molecule has 1 aromatic heterocycles. The zero-order valence-electron chi connectivity index (χ0n) is 9.40. The molecule has 1 atom stereocenters. The van der Waals surface area contributed by atoms with Crippen LogP contribution in [0, 0.1) is 5.82 Å². The first kappa shape index (κ1) is 12.1. The zero-order chi connectivity index (χ0) is 12.4. The molecule has 5 heteroatoms. The second kappa shape index (κ2) is 4.85. The standard InChI is InChI=1S/C12H13ClFN3/c1-17-5-4-16-12(17)7-11(15)9-3-2-8(14)6-10(9)13/h2-6,11H,7,15H2,1H3. The molecule has 0 spiro atoms. The first-order chi connectivity index (χ1) is 8.08. The Kier molecular flexibility index (Phi) is 3.45. The number of aryl methyl sites for hydroxylation is 1. The highest BCUT2D eigenvalue weighted by Gasteiger charge is 2.13. The van der Waals surface area contributed by atoms with Gasteiger partial charge in [-0.15, -0.1) is 0 Å². The molecule has 0 aliphatic heterocycles. The van der Waals surface area contributed by atoms with Gasteiger partial charge < -0.3 is 10.3 Å². The smallest absolute Gasteiger partial charge is 0.124 e. The third-order valence-corrected chi connectivity index (χ3v) is 3.01. The normalized spacial score (nSPS) is 12.7. The number of nitrogens with two attached hydrogens (primary N) is 1. The number of aromatic nitrogens is 2. The Balaban J connectivity index is 2.20. The van der Waals surface area contributed by atoms with Crippen LogP contribution in [-0.4, -0.2) is 9.55 Å². The van der Waals surface area contributed by atoms with Crippen molar-refractivity contribution < 1.29 is 4.39 Å². The van der Waals surface area contributed by atoms with E-state index in [0.717, 1.165) is 11.4 Å². The van der Waals surface area contributed by atoms with E-state index in [1.807, 2.05) is 17.8 Å². The Morgan fingerprint density at radius 1 is 1.53 bits per heavy atom. The fraction of sp³-hybridized carbons (Fsp3) is 0.250. The molecule has 0 aliphatic rings. The Hall–Kier alpha value is -1.39. The van der Waals surface area contributed by atoms with Crippen molar-refractivity contribution >= 4 is 11.6 Å². The molecule has 17 heavy (non-hydrogen) atoms. The van der Waals surface area contributed by atoms with E-state index in [0.29, 0.717) is 11.4 Å². The van der Waals surface area contributed by atoms with Crippen LogP contribution in [0.5, 0.6) is 0 Å². The lowest BCUT2D eigenvalue weighted by Crippen LogP contribution is -2.16. The van der Waals surface area contributed by atoms with Gasteiger partial charge in [0.2, 0.25) is 0 Å². The van der Waals surface area contributed by atoms with Gasteiger partial charge >= 0.3 is 0 Å². The number of halogens is 2. The molecule has 0 amide bonds. The summed E-state index contributed by atoms with van der Waals surface area (Å²) in [4.78, 5) is 4.19. The van der Waals surface area contributed by atoms with Crippen molar-refractivity contribution in [2.45, 2.75) is 12.5 Å². The molecule has 0 fully saturated rings. The van der Waals surface area contributed by atoms with Crippen LogP contribution in [0.3, 0.4) is 0 Å². The molecule has 0 bridgehead atoms. The predicted molar refractivity (Wildman–Crippen MR) is 65.3 cm³/mol. The van der Waals surface area contributed by atoms with Gasteiger partial charge in [0.25, 0.3) is 0 Å². The fourth-order valence-corrected chi connectivity index (χ4v) is 2.01. The number of benzene rings is 1. The molecule has 0 saturated carbocycles. The maximum absolute atomic E-state index is 12.9. The van der Waals surface area contributed by atoms with Crippen LogP contribution in [0.4, 0.5) is 4.39 Å². The van der Waals surface area contributed by atoms with E-state index in [9.17, 15) is 4.39 Å². The SMILES string of the molecule is Cn1ccnc1CC(N)c1ccc(F)cc1Cl. The summed E-state index contributed by atoms with van der Waals surface area (Å²) in [5, 5.41) is 0.353. The first-order valence-corrected chi connectivity index (χ1v) is 5.62. The molecule has 0 aliphatic carbocycles. The summed E-state index contributed by atoms with van der Waals surface area (Å²) in [5.41, 5.74) is 6.78. The summed E-state index contributed by atoms with van der Waals surface area (Å²) in [6.45, 7) is 0. The largest absolute Gasteiger partial charge is 0.338 e. The molecule has 0 saturated heterocycles. The average Bonchev–Trinajstić information content (AvgIpc) is 2.64. The van der Waals surface area contributed by atoms with Gasteiger partial charge in [0.15, 0.2) is 0 Å². The Morgan fingerprint density at radius 2 is 2.29 bits per heavy atom. The molecule has 1 aromatic carbocycles.